The Morgan fingerprint density at radius 2 is 2.00 bits per heavy atom. The van der Waals surface area contributed by atoms with Crippen molar-refractivity contribution in [1.82, 2.24) is 20.0 Å². The lowest BCUT2D eigenvalue weighted by atomic mass is 10.1. The summed E-state index contributed by atoms with van der Waals surface area (Å²) in [6, 6.07) is -0.292. The Hall–Kier alpha value is -1.79. The molecule has 0 radical (unpaired) electrons. The first kappa shape index (κ1) is 16.3. The van der Waals surface area contributed by atoms with Crippen LogP contribution in [0, 0.1) is 5.92 Å². The summed E-state index contributed by atoms with van der Waals surface area (Å²) < 4.78 is 0. The summed E-state index contributed by atoms with van der Waals surface area (Å²) in [5.41, 5.74) is 0. The Balaban J connectivity index is 2.35. The molecule has 1 atom stereocenters. The number of nitrogens with one attached hydrogen (secondary N) is 1. The Bertz CT molecular complexity index is 384. The molecule has 7 nitrogen and oxygen atoms in total. The first-order valence-electron chi connectivity index (χ1n) is 6.82. The molecule has 1 saturated heterocycles. The van der Waals surface area contributed by atoms with Gasteiger partial charge in [-0.15, -0.1) is 0 Å². The molecule has 114 valence electrons. The quantitative estimate of drug-likeness (QED) is 0.745. The number of likely N-dealkylation sites (N-methyl/N-ethyl adjacent to an activating group) is 1. The summed E-state index contributed by atoms with van der Waals surface area (Å²) >= 11 is 0. The fraction of sp³-hybridized carbons (Fsp3) is 0.769. The van der Waals surface area contributed by atoms with Crippen molar-refractivity contribution in [2.45, 2.75) is 13.3 Å². The smallest absolute Gasteiger partial charge is 0.317 e. The second-order valence-corrected chi connectivity index (χ2v) is 5.33. The van der Waals surface area contributed by atoms with E-state index in [0.29, 0.717) is 26.1 Å². The second-order valence-electron chi connectivity index (χ2n) is 5.33. The zero-order valence-corrected chi connectivity index (χ0v) is 12.7. The topological polar surface area (TPSA) is 73.0 Å². The summed E-state index contributed by atoms with van der Waals surface area (Å²) in [5.74, 6) is 0.183. The van der Waals surface area contributed by atoms with Crippen molar-refractivity contribution in [2.75, 3.05) is 47.3 Å². The number of carbonyl (C=O) groups is 3. The molecule has 0 aromatic rings. The normalized spacial score (nSPS) is 18.1. The zero-order chi connectivity index (χ0) is 15.3. The molecule has 0 spiro atoms. The van der Waals surface area contributed by atoms with Gasteiger partial charge in [0.1, 0.15) is 0 Å². The lowest BCUT2D eigenvalue weighted by Crippen LogP contribution is -2.43. The SMILES string of the molecule is CCN1CC(CN(C)C(=O)CNC(=O)N(C)C)CC1=O. The maximum absolute atomic E-state index is 11.9. The summed E-state index contributed by atoms with van der Waals surface area (Å²) in [7, 11) is 4.93. The maximum atomic E-state index is 11.9. The number of urea groups is 1. The van der Waals surface area contributed by atoms with E-state index in [2.05, 4.69) is 5.32 Å². The van der Waals surface area contributed by atoms with E-state index >= 15 is 0 Å². The fourth-order valence-electron chi connectivity index (χ4n) is 2.22. The minimum absolute atomic E-state index is 0.0222. The van der Waals surface area contributed by atoms with Crippen LogP contribution in [0.3, 0.4) is 0 Å². The van der Waals surface area contributed by atoms with E-state index in [-0.39, 0.29) is 30.3 Å². The van der Waals surface area contributed by atoms with Gasteiger partial charge >= 0.3 is 6.03 Å². The highest BCUT2D eigenvalue weighted by Crippen LogP contribution is 2.18. The lowest BCUT2D eigenvalue weighted by Gasteiger charge is -2.22. The second kappa shape index (κ2) is 7.12. The molecule has 0 aromatic carbocycles. The fourth-order valence-corrected chi connectivity index (χ4v) is 2.22. The van der Waals surface area contributed by atoms with E-state index in [1.165, 1.54) is 4.90 Å². The molecule has 1 unspecified atom stereocenters. The zero-order valence-electron chi connectivity index (χ0n) is 12.7. The molecule has 1 rings (SSSR count). The van der Waals surface area contributed by atoms with Gasteiger partial charge in [-0.1, -0.05) is 0 Å². The van der Waals surface area contributed by atoms with Gasteiger partial charge in [-0.3, -0.25) is 9.59 Å². The monoisotopic (exact) mass is 284 g/mol. The molecule has 0 aromatic heterocycles. The van der Waals surface area contributed by atoms with Crippen LogP contribution in [-0.2, 0) is 9.59 Å². The minimum Gasteiger partial charge on any atom is -0.344 e. The highest BCUT2D eigenvalue weighted by molar-refractivity contribution is 5.84. The summed E-state index contributed by atoms with van der Waals surface area (Å²) in [4.78, 5) is 39.6. The van der Waals surface area contributed by atoms with Crippen molar-refractivity contribution in [1.29, 1.82) is 0 Å². The van der Waals surface area contributed by atoms with Gasteiger partial charge in [-0.05, 0) is 6.92 Å². The molecular weight excluding hydrogens is 260 g/mol. The van der Waals surface area contributed by atoms with Crippen molar-refractivity contribution in [3.05, 3.63) is 0 Å². The molecule has 20 heavy (non-hydrogen) atoms. The average molecular weight is 284 g/mol. The number of likely N-dealkylation sites (tertiary alicyclic amines) is 1. The molecule has 4 amide bonds. The standard InChI is InChI=1S/C13H24N4O3/c1-5-17-9-10(6-11(17)18)8-16(4)12(19)7-14-13(20)15(2)3/h10H,5-9H2,1-4H3,(H,14,20). The molecular formula is C13H24N4O3. The molecule has 7 heteroatoms. The molecule has 0 saturated carbocycles. The number of rotatable bonds is 5. The predicted molar refractivity (Wildman–Crippen MR) is 75.1 cm³/mol. The third kappa shape index (κ3) is 4.40. The van der Waals surface area contributed by atoms with Gasteiger partial charge in [0.2, 0.25) is 11.8 Å². The first-order chi connectivity index (χ1) is 9.35. The minimum atomic E-state index is -0.292. The molecule has 0 aliphatic carbocycles. The van der Waals surface area contributed by atoms with E-state index in [1.54, 1.807) is 30.9 Å². The molecule has 1 aliphatic heterocycles. The molecule has 1 aliphatic rings. The van der Waals surface area contributed by atoms with Crippen LogP contribution in [0.5, 0.6) is 0 Å². The highest BCUT2D eigenvalue weighted by Gasteiger charge is 2.29. The van der Waals surface area contributed by atoms with E-state index in [9.17, 15) is 14.4 Å². The van der Waals surface area contributed by atoms with Crippen LogP contribution in [0.1, 0.15) is 13.3 Å². The third-order valence-corrected chi connectivity index (χ3v) is 3.43. The van der Waals surface area contributed by atoms with Crippen LogP contribution in [-0.4, -0.2) is 79.9 Å². The van der Waals surface area contributed by atoms with Crippen molar-refractivity contribution < 1.29 is 14.4 Å². The van der Waals surface area contributed by atoms with Gasteiger partial charge in [0.05, 0.1) is 6.54 Å². The Labute approximate surface area is 119 Å². The Kier molecular flexibility index (Phi) is 5.79. The van der Waals surface area contributed by atoms with Crippen LogP contribution < -0.4 is 5.32 Å². The van der Waals surface area contributed by atoms with Gasteiger partial charge in [0.15, 0.2) is 0 Å². The van der Waals surface area contributed by atoms with Crippen LogP contribution in [0.15, 0.2) is 0 Å². The summed E-state index contributed by atoms with van der Waals surface area (Å²) in [6.07, 6.45) is 0.496. The largest absolute Gasteiger partial charge is 0.344 e. The van der Waals surface area contributed by atoms with Crippen LogP contribution in [0.2, 0.25) is 0 Å². The van der Waals surface area contributed by atoms with E-state index < -0.39 is 0 Å². The number of hydrogen-bond donors (Lipinski definition) is 1. The number of hydrogen-bond acceptors (Lipinski definition) is 3. The van der Waals surface area contributed by atoms with Gasteiger partial charge in [-0.2, -0.15) is 0 Å². The van der Waals surface area contributed by atoms with Gasteiger partial charge in [0.25, 0.3) is 0 Å². The van der Waals surface area contributed by atoms with Crippen molar-refractivity contribution in [3.63, 3.8) is 0 Å². The predicted octanol–water partition coefficient (Wildman–Crippen LogP) is -0.416. The molecule has 1 N–H and O–H groups in total. The van der Waals surface area contributed by atoms with E-state index in [0.717, 1.165) is 0 Å². The van der Waals surface area contributed by atoms with Crippen molar-refractivity contribution in [3.8, 4) is 0 Å². The molecule has 0 bridgehead atoms. The number of amides is 4. The molecule has 1 fully saturated rings. The van der Waals surface area contributed by atoms with Crippen LogP contribution >= 0.6 is 0 Å². The maximum Gasteiger partial charge on any atom is 0.317 e. The average Bonchev–Trinajstić information content (AvgIpc) is 2.75. The van der Waals surface area contributed by atoms with Crippen molar-refractivity contribution >= 4 is 17.8 Å². The summed E-state index contributed by atoms with van der Waals surface area (Å²) in [5, 5.41) is 2.53. The summed E-state index contributed by atoms with van der Waals surface area (Å²) in [6.45, 7) is 3.89. The van der Waals surface area contributed by atoms with Gasteiger partial charge < -0.3 is 20.0 Å². The Morgan fingerprint density at radius 3 is 2.50 bits per heavy atom. The van der Waals surface area contributed by atoms with Crippen LogP contribution in [0.4, 0.5) is 4.79 Å². The third-order valence-electron chi connectivity index (χ3n) is 3.43. The van der Waals surface area contributed by atoms with Crippen LogP contribution in [0.25, 0.3) is 0 Å². The number of nitrogens with zero attached hydrogens (tertiary/aromatic N) is 3. The highest BCUT2D eigenvalue weighted by atomic mass is 16.2. The van der Waals surface area contributed by atoms with Gasteiger partial charge in [0, 0.05) is 53.1 Å². The van der Waals surface area contributed by atoms with Gasteiger partial charge in [-0.25, -0.2) is 4.79 Å². The van der Waals surface area contributed by atoms with Crippen molar-refractivity contribution in [2.24, 2.45) is 5.92 Å². The van der Waals surface area contributed by atoms with E-state index in [4.69, 9.17) is 0 Å². The first-order valence-corrected chi connectivity index (χ1v) is 6.82. The Morgan fingerprint density at radius 1 is 1.35 bits per heavy atom. The number of carbonyl (C=O) groups excluding carboxylic acids is 3. The molecule has 1 heterocycles. The van der Waals surface area contributed by atoms with E-state index in [1.807, 2.05) is 6.92 Å². The lowest BCUT2D eigenvalue weighted by molar-refractivity contribution is -0.130.